The third-order valence-electron chi connectivity index (χ3n) is 4.57. The number of Topliss-reactive ketones (excluding diaryl/α,β-unsaturated/α-hetero) is 2. The second-order valence-corrected chi connectivity index (χ2v) is 6.59. The largest absolute Gasteiger partial charge is 0.497 e. The first-order valence-electron chi connectivity index (χ1n) is 9.17. The number of benzene rings is 3. The van der Waals surface area contributed by atoms with E-state index in [0.29, 0.717) is 28.4 Å². The van der Waals surface area contributed by atoms with Gasteiger partial charge in [0.1, 0.15) is 23.1 Å². The van der Waals surface area contributed by atoms with Crippen LogP contribution in [0.3, 0.4) is 0 Å². The van der Waals surface area contributed by atoms with Crippen molar-refractivity contribution >= 4 is 17.6 Å². The van der Waals surface area contributed by atoms with E-state index in [9.17, 15) is 14.0 Å². The molecule has 0 spiro atoms. The quantitative estimate of drug-likeness (QED) is 0.440. The third kappa shape index (κ3) is 4.07. The number of methoxy groups -OCH3 is 1. The highest BCUT2D eigenvalue weighted by atomic mass is 19.1. The summed E-state index contributed by atoms with van der Waals surface area (Å²) < 4.78 is 29.4. The van der Waals surface area contributed by atoms with E-state index in [2.05, 4.69) is 0 Å². The Hall–Kier alpha value is -3.93. The molecule has 1 aliphatic heterocycles. The van der Waals surface area contributed by atoms with Crippen molar-refractivity contribution in [1.29, 1.82) is 0 Å². The average molecular weight is 404 g/mol. The lowest BCUT2D eigenvalue weighted by Gasteiger charge is -2.07. The summed E-state index contributed by atoms with van der Waals surface area (Å²) in [5.74, 6) is 0.686. The van der Waals surface area contributed by atoms with Crippen molar-refractivity contribution in [2.45, 2.75) is 0 Å². The molecule has 5 nitrogen and oxygen atoms in total. The summed E-state index contributed by atoms with van der Waals surface area (Å²) in [5.41, 5.74) is 1.54. The first-order chi connectivity index (χ1) is 14.5. The molecule has 0 fully saturated rings. The van der Waals surface area contributed by atoms with Crippen LogP contribution in [0, 0.1) is 5.82 Å². The van der Waals surface area contributed by atoms with Gasteiger partial charge >= 0.3 is 0 Å². The van der Waals surface area contributed by atoms with Gasteiger partial charge in [0.25, 0.3) is 0 Å². The Balaban J connectivity index is 1.47. The van der Waals surface area contributed by atoms with Gasteiger partial charge in [-0.05, 0) is 60.2 Å². The van der Waals surface area contributed by atoms with E-state index in [4.69, 9.17) is 14.2 Å². The topological polar surface area (TPSA) is 61.8 Å². The van der Waals surface area contributed by atoms with E-state index in [1.165, 1.54) is 24.3 Å². The minimum atomic E-state index is -0.411. The van der Waals surface area contributed by atoms with Gasteiger partial charge in [0.05, 0.1) is 12.7 Å². The zero-order chi connectivity index (χ0) is 21.1. The predicted molar refractivity (Wildman–Crippen MR) is 109 cm³/mol. The fraction of sp³-hybridized carbons (Fsp3) is 0.0833. The van der Waals surface area contributed by atoms with Crippen molar-refractivity contribution in [1.82, 2.24) is 0 Å². The predicted octanol–water partition coefficient (Wildman–Crippen LogP) is 4.71. The van der Waals surface area contributed by atoms with Gasteiger partial charge in [0.15, 0.2) is 18.1 Å². The van der Waals surface area contributed by atoms with Crippen LogP contribution in [-0.4, -0.2) is 25.3 Å². The van der Waals surface area contributed by atoms with Crippen LogP contribution in [0.1, 0.15) is 26.3 Å². The van der Waals surface area contributed by atoms with Gasteiger partial charge in [-0.25, -0.2) is 4.39 Å². The molecule has 6 heteroatoms. The molecular weight excluding hydrogens is 387 g/mol. The highest BCUT2D eigenvalue weighted by molar-refractivity contribution is 6.14. The Morgan fingerprint density at radius 3 is 2.60 bits per heavy atom. The normalized spacial score (nSPS) is 13.7. The average Bonchev–Trinajstić information content (AvgIpc) is 3.07. The van der Waals surface area contributed by atoms with Crippen LogP contribution < -0.4 is 14.2 Å². The number of carbonyl (C=O) groups excluding carboxylic acids is 2. The molecule has 0 bridgehead atoms. The number of hydrogen-bond acceptors (Lipinski definition) is 5. The lowest BCUT2D eigenvalue weighted by molar-refractivity contribution is 0.0920. The van der Waals surface area contributed by atoms with Gasteiger partial charge in [-0.1, -0.05) is 12.1 Å². The van der Waals surface area contributed by atoms with Crippen molar-refractivity contribution < 1.29 is 28.2 Å². The van der Waals surface area contributed by atoms with Crippen molar-refractivity contribution in [2.75, 3.05) is 13.7 Å². The van der Waals surface area contributed by atoms with Crippen LogP contribution in [0.5, 0.6) is 17.2 Å². The number of allylic oxidation sites excluding steroid dienone is 1. The van der Waals surface area contributed by atoms with E-state index >= 15 is 0 Å². The molecule has 0 saturated heterocycles. The van der Waals surface area contributed by atoms with E-state index in [-0.39, 0.29) is 23.9 Å². The number of ether oxygens (including phenoxy) is 3. The van der Waals surface area contributed by atoms with Crippen LogP contribution >= 0.6 is 0 Å². The first kappa shape index (κ1) is 19.4. The summed E-state index contributed by atoms with van der Waals surface area (Å²) >= 11 is 0. The Bertz CT molecular complexity index is 1150. The standard InChI is InChI=1S/C24H17FO5/c1-28-18-4-2-3-15(11-18)12-23-24(27)20-10-9-19(13-22(20)30-23)29-14-21(26)16-5-7-17(25)8-6-16/h2-13H,14H2,1H3/b23-12-. The lowest BCUT2D eigenvalue weighted by atomic mass is 10.1. The molecule has 0 aromatic heterocycles. The molecule has 0 aliphatic carbocycles. The van der Waals surface area contributed by atoms with Gasteiger partial charge in [0, 0.05) is 11.6 Å². The summed E-state index contributed by atoms with van der Waals surface area (Å²) in [6.45, 7) is -0.217. The SMILES string of the molecule is COc1cccc(/C=C2\Oc3cc(OCC(=O)c4ccc(F)cc4)ccc3C2=O)c1. The van der Waals surface area contributed by atoms with Gasteiger partial charge < -0.3 is 14.2 Å². The first-order valence-corrected chi connectivity index (χ1v) is 9.17. The molecule has 0 atom stereocenters. The van der Waals surface area contributed by atoms with E-state index in [0.717, 1.165) is 5.56 Å². The van der Waals surface area contributed by atoms with Crippen molar-refractivity contribution in [3.63, 3.8) is 0 Å². The van der Waals surface area contributed by atoms with Gasteiger partial charge in [-0.2, -0.15) is 0 Å². The van der Waals surface area contributed by atoms with Crippen molar-refractivity contribution in [3.8, 4) is 17.2 Å². The molecule has 3 aromatic carbocycles. The molecule has 1 aliphatic rings. The van der Waals surface area contributed by atoms with Crippen molar-refractivity contribution in [2.24, 2.45) is 0 Å². The maximum Gasteiger partial charge on any atom is 0.231 e. The highest BCUT2D eigenvalue weighted by Crippen LogP contribution is 2.35. The molecule has 4 rings (SSSR count). The smallest absolute Gasteiger partial charge is 0.231 e. The molecule has 0 unspecified atom stereocenters. The van der Waals surface area contributed by atoms with Crippen LogP contribution in [0.15, 0.2) is 72.5 Å². The molecule has 0 N–H and O–H groups in total. The Labute approximate surface area is 172 Å². The second kappa shape index (κ2) is 8.21. The van der Waals surface area contributed by atoms with Gasteiger partial charge in [-0.15, -0.1) is 0 Å². The maximum absolute atomic E-state index is 13.0. The number of ketones is 2. The molecule has 0 radical (unpaired) electrons. The van der Waals surface area contributed by atoms with Crippen LogP contribution in [0.2, 0.25) is 0 Å². The monoisotopic (exact) mass is 404 g/mol. The van der Waals surface area contributed by atoms with Crippen molar-refractivity contribution in [3.05, 3.63) is 95.0 Å². The van der Waals surface area contributed by atoms with E-state index < -0.39 is 5.82 Å². The highest BCUT2D eigenvalue weighted by Gasteiger charge is 2.27. The third-order valence-corrected chi connectivity index (χ3v) is 4.57. The number of halogens is 1. The number of fused-ring (bicyclic) bond motifs is 1. The summed E-state index contributed by atoms with van der Waals surface area (Å²) in [7, 11) is 1.57. The Kier molecular flexibility index (Phi) is 5.30. The summed E-state index contributed by atoms with van der Waals surface area (Å²) in [5, 5.41) is 0. The minimum absolute atomic E-state index is 0.192. The summed E-state index contributed by atoms with van der Waals surface area (Å²) in [6.07, 6.45) is 1.64. The van der Waals surface area contributed by atoms with Crippen LogP contribution in [-0.2, 0) is 0 Å². The Morgan fingerprint density at radius 2 is 1.83 bits per heavy atom. The number of carbonyl (C=O) groups is 2. The molecule has 0 saturated carbocycles. The van der Waals surface area contributed by atoms with Gasteiger partial charge in [-0.3, -0.25) is 9.59 Å². The molecular formula is C24H17FO5. The molecule has 150 valence electrons. The van der Waals surface area contributed by atoms with Crippen LogP contribution in [0.25, 0.3) is 6.08 Å². The Morgan fingerprint density at radius 1 is 1.03 bits per heavy atom. The molecule has 3 aromatic rings. The fourth-order valence-corrected chi connectivity index (χ4v) is 3.01. The molecule has 30 heavy (non-hydrogen) atoms. The summed E-state index contributed by atoms with van der Waals surface area (Å²) in [6, 6.07) is 17.3. The molecule has 1 heterocycles. The lowest BCUT2D eigenvalue weighted by Crippen LogP contribution is -2.11. The zero-order valence-electron chi connectivity index (χ0n) is 16.1. The number of hydrogen-bond donors (Lipinski definition) is 0. The maximum atomic E-state index is 13.0. The minimum Gasteiger partial charge on any atom is -0.497 e. The van der Waals surface area contributed by atoms with Gasteiger partial charge in [0.2, 0.25) is 5.78 Å². The summed E-state index contributed by atoms with van der Waals surface area (Å²) in [4.78, 5) is 24.8. The van der Waals surface area contributed by atoms with E-state index in [1.54, 1.807) is 37.5 Å². The van der Waals surface area contributed by atoms with E-state index in [1.807, 2.05) is 18.2 Å². The zero-order valence-corrected chi connectivity index (χ0v) is 16.1. The second-order valence-electron chi connectivity index (χ2n) is 6.59. The van der Waals surface area contributed by atoms with Crippen LogP contribution in [0.4, 0.5) is 4.39 Å². The molecule has 0 amide bonds. The fourth-order valence-electron chi connectivity index (χ4n) is 3.01. The number of rotatable bonds is 6.